The summed E-state index contributed by atoms with van der Waals surface area (Å²) in [5, 5.41) is 12.3. The van der Waals surface area contributed by atoms with Gasteiger partial charge in [0, 0.05) is 4.70 Å². The summed E-state index contributed by atoms with van der Waals surface area (Å²) in [6, 6.07) is 15.7. The molecule has 5 nitrogen and oxygen atoms in total. The summed E-state index contributed by atoms with van der Waals surface area (Å²) in [4.78, 5) is 11.5. The van der Waals surface area contributed by atoms with Gasteiger partial charge in [-0.1, -0.05) is 36.4 Å². The molecule has 26 heavy (non-hydrogen) atoms. The number of fused-ring (bicyclic) bond motifs is 1. The van der Waals surface area contributed by atoms with Crippen LogP contribution in [0.5, 0.6) is 0 Å². The van der Waals surface area contributed by atoms with Gasteiger partial charge in [0.25, 0.3) is 0 Å². The van der Waals surface area contributed by atoms with Gasteiger partial charge in [0.2, 0.25) is 10.0 Å². The predicted octanol–water partition coefficient (Wildman–Crippen LogP) is 3.41. The third-order valence-electron chi connectivity index (χ3n) is 4.06. The minimum atomic E-state index is -3.76. The average molecular weight is 389 g/mol. The molecule has 0 bridgehead atoms. The largest absolute Gasteiger partial charge is 0.480 e. The van der Waals surface area contributed by atoms with Crippen LogP contribution in [0, 0.1) is 0 Å². The molecule has 3 rings (SSSR count). The molecule has 3 aromatic rings. The maximum absolute atomic E-state index is 12.4. The van der Waals surface area contributed by atoms with Gasteiger partial charge in [-0.25, -0.2) is 13.1 Å². The molecule has 0 saturated carbocycles. The Hall–Kier alpha value is -2.22. The molecule has 0 saturated heterocycles. The highest BCUT2D eigenvalue weighted by molar-refractivity contribution is 7.88. The lowest BCUT2D eigenvalue weighted by molar-refractivity contribution is -0.139. The molecule has 136 valence electrons. The molecule has 0 aliphatic heterocycles. The number of carboxylic acids is 1. The third-order valence-corrected chi connectivity index (χ3v) is 6.31. The lowest BCUT2D eigenvalue weighted by atomic mass is 10.1. The first-order chi connectivity index (χ1) is 12.4. The summed E-state index contributed by atoms with van der Waals surface area (Å²) in [7, 11) is -3.76. The summed E-state index contributed by atoms with van der Waals surface area (Å²) in [6.07, 6.45) is 0.684. The Morgan fingerprint density at radius 1 is 1.08 bits per heavy atom. The van der Waals surface area contributed by atoms with Crippen molar-refractivity contribution in [1.29, 1.82) is 0 Å². The Balaban J connectivity index is 1.67. The van der Waals surface area contributed by atoms with Crippen molar-refractivity contribution in [3.63, 3.8) is 0 Å². The van der Waals surface area contributed by atoms with E-state index in [1.807, 2.05) is 53.9 Å². The van der Waals surface area contributed by atoms with Gasteiger partial charge in [-0.15, -0.1) is 11.3 Å². The van der Waals surface area contributed by atoms with Crippen LogP contribution >= 0.6 is 11.3 Å². The van der Waals surface area contributed by atoms with E-state index in [2.05, 4.69) is 4.72 Å². The van der Waals surface area contributed by atoms with E-state index in [1.54, 1.807) is 17.4 Å². The van der Waals surface area contributed by atoms with Crippen LogP contribution in [0.4, 0.5) is 0 Å². The van der Waals surface area contributed by atoms with Crippen LogP contribution in [0.25, 0.3) is 10.1 Å². The molecule has 1 atom stereocenters. The Morgan fingerprint density at radius 2 is 1.85 bits per heavy atom. The second-order valence-corrected chi connectivity index (χ2v) is 8.79. The van der Waals surface area contributed by atoms with Crippen molar-refractivity contribution in [2.45, 2.75) is 24.6 Å². The molecule has 2 aromatic carbocycles. The fraction of sp³-hybridized carbons (Fsp3) is 0.211. The van der Waals surface area contributed by atoms with E-state index < -0.39 is 22.0 Å². The Kier molecular flexibility index (Phi) is 5.70. The standard InChI is InChI=1S/C19H19NO4S2/c21-19(22)17(8-6-14-4-2-1-3-5-14)20-26(23,24)13-15-7-9-18-16(12-15)10-11-25-18/h1-5,7,9-12,17,20H,6,8,13H2,(H,21,22). The highest BCUT2D eigenvalue weighted by Crippen LogP contribution is 2.22. The zero-order valence-electron chi connectivity index (χ0n) is 14.0. The molecular weight excluding hydrogens is 370 g/mol. The zero-order chi connectivity index (χ0) is 18.6. The molecule has 1 unspecified atom stereocenters. The molecular formula is C19H19NO4S2. The van der Waals surface area contributed by atoms with E-state index in [0.717, 1.165) is 15.6 Å². The number of aliphatic carboxylic acids is 1. The number of sulfonamides is 1. The van der Waals surface area contributed by atoms with E-state index in [-0.39, 0.29) is 12.2 Å². The molecule has 0 aliphatic carbocycles. The highest BCUT2D eigenvalue weighted by atomic mass is 32.2. The molecule has 0 fully saturated rings. The summed E-state index contributed by atoms with van der Waals surface area (Å²) in [5.41, 5.74) is 1.61. The van der Waals surface area contributed by atoms with Crippen LogP contribution < -0.4 is 4.72 Å². The minimum Gasteiger partial charge on any atom is -0.480 e. The monoisotopic (exact) mass is 389 g/mol. The molecule has 1 aromatic heterocycles. The van der Waals surface area contributed by atoms with E-state index in [0.29, 0.717) is 12.0 Å². The molecule has 0 aliphatic rings. The summed E-state index contributed by atoms with van der Waals surface area (Å²) in [6.45, 7) is 0. The Morgan fingerprint density at radius 3 is 2.58 bits per heavy atom. The van der Waals surface area contributed by atoms with Crippen LogP contribution in [0.15, 0.2) is 60.0 Å². The van der Waals surface area contributed by atoms with Gasteiger partial charge >= 0.3 is 5.97 Å². The smallest absolute Gasteiger partial charge is 0.321 e. The van der Waals surface area contributed by atoms with Gasteiger partial charge in [-0.05, 0) is 52.9 Å². The van der Waals surface area contributed by atoms with Gasteiger partial charge in [0.1, 0.15) is 6.04 Å². The molecule has 0 amide bonds. The van der Waals surface area contributed by atoms with Crippen LogP contribution in [-0.4, -0.2) is 25.5 Å². The van der Waals surface area contributed by atoms with Crippen molar-refractivity contribution in [2.24, 2.45) is 0 Å². The second-order valence-electron chi connectivity index (χ2n) is 6.08. The number of hydrogen-bond donors (Lipinski definition) is 2. The first kappa shape index (κ1) is 18.6. The normalized spacial score (nSPS) is 12.9. The molecule has 1 heterocycles. The van der Waals surface area contributed by atoms with Gasteiger partial charge in [0.05, 0.1) is 5.75 Å². The van der Waals surface area contributed by atoms with E-state index in [9.17, 15) is 18.3 Å². The number of aryl methyl sites for hydroxylation is 1. The average Bonchev–Trinajstić information content (AvgIpc) is 3.06. The molecule has 2 N–H and O–H groups in total. The topological polar surface area (TPSA) is 83.5 Å². The third kappa shape index (κ3) is 4.91. The number of carboxylic acid groups (broad SMARTS) is 1. The Bertz CT molecular complexity index is 997. The maximum Gasteiger partial charge on any atom is 0.321 e. The van der Waals surface area contributed by atoms with E-state index in [1.165, 1.54) is 0 Å². The van der Waals surface area contributed by atoms with Gasteiger partial charge < -0.3 is 5.11 Å². The predicted molar refractivity (Wildman–Crippen MR) is 104 cm³/mol. The van der Waals surface area contributed by atoms with Crippen molar-refractivity contribution in [3.8, 4) is 0 Å². The lowest BCUT2D eigenvalue weighted by Crippen LogP contribution is -2.41. The summed E-state index contributed by atoms with van der Waals surface area (Å²) in [5.74, 6) is -1.41. The van der Waals surface area contributed by atoms with E-state index in [4.69, 9.17) is 0 Å². The number of thiophene rings is 1. The Labute approximate surface area is 156 Å². The first-order valence-corrected chi connectivity index (χ1v) is 10.7. The van der Waals surface area contributed by atoms with Crippen molar-refractivity contribution in [3.05, 3.63) is 71.1 Å². The number of hydrogen-bond acceptors (Lipinski definition) is 4. The van der Waals surface area contributed by atoms with E-state index >= 15 is 0 Å². The number of benzene rings is 2. The van der Waals surface area contributed by atoms with Gasteiger partial charge in [0.15, 0.2) is 0 Å². The van der Waals surface area contributed by atoms with Gasteiger partial charge in [-0.3, -0.25) is 4.79 Å². The molecule has 7 heteroatoms. The first-order valence-electron chi connectivity index (χ1n) is 8.16. The van der Waals surface area contributed by atoms with Crippen LogP contribution in [0.1, 0.15) is 17.5 Å². The van der Waals surface area contributed by atoms with Crippen LogP contribution in [0.3, 0.4) is 0 Å². The number of carbonyl (C=O) groups is 1. The summed E-state index contributed by atoms with van der Waals surface area (Å²) >= 11 is 1.59. The quantitative estimate of drug-likeness (QED) is 0.618. The number of rotatable bonds is 8. The van der Waals surface area contributed by atoms with Crippen molar-refractivity contribution in [1.82, 2.24) is 4.72 Å². The lowest BCUT2D eigenvalue weighted by Gasteiger charge is -2.15. The highest BCUT2D eigenvalue weighted by Gasteiger charge is 2.24. The minimum absolute atomic E-state index is 0.197. The fourth-order valence-corrected chi connectivity index (χ4v) is 4.90. The van der Waals surface area contributed by atoms with Crippen molar-refractivity contribution in [2.75, 3.05) is 0 Å². The van der Waals surface area contributed by atoms with Crippen LogP contribution in [0.2, 0.25) is 0 Å². The van der Waals surface area contributed by atoms with Crippen LogP contribution in [-0.2, 0) is 27.0 Å². The van der Waals surface area contributed by atoms with Crippen molar-refractivity contribution >= 4 is 37.4 Å². The summed E-state index contributed by atoms with van der Waals surface area (Å²) < 4.78 is 28.3. The van der Waals surface area contributed by atoms with Gasteiger partial charge in [-0.2, -0.15) is 0 Å². The second kappa shape index (κ2) is 7.99. The van der Waals surface area contributed by atoms with Crippen molar-refractivity contribution < 1.29 is 18.3 Å². The zero-order valence-corrected chi connectivity index (χ0v) is 15.6. The number of nitrogens with one attached hydrogen (secondary N) is 1. The molecule has 0 spiro atoms. The fourth-order valence-electron chi connectivity index (χ4n) is 2.77. The maximum atomic E-state index is 12.4. The SMILES string of the molecule is O=C(O)C(CCc1ccccc1)NS(=O)(=O)Cc1ccc2sccc2c1. The molecule has 0 radical (unpaired) electrons.